The maximum Gasteiger partial charge on any atom is 0.341 e. The summed E-state index contributed by atoms with van der Waals surface area (Å²) in [6.45, 7) is 1.63. The van der Waals surface area contributed by atoms with E-state index >= 15 is 0 Å². The van der Waals surface area contributed by atoms with E-state index in [9.17, 15) is 14.4 Å². The van der Waals surface area contributed by atoms with Gasteiger partial charge in [0.05, 0.1) is 11.8 Å². The van der Waals surface area contributed by atoms with Gasteiger partial charge >= 0.3 is 5.97 Å². The maximum atomic E-state index is 13.0. The van der Waals surface area contributed by atoms with Gasteiger partial charge < -0.3 is 19.4 Å². The summed E-state index contributed by atoms with van der Waals surface area (Å²) >= 11 is 1.38. The quantitative estimate of drug-likeness (QED) is 0.588. The van der Waals surface area contributed by atoms with E-state index in [4.69, 9.17) is 9.15 Å². The van der Waals surface area contributed by atoms with Crippen LogP contribution in [0.2, 0.25) is 0 Å². The Morgan fingerprint density at radius 1 is 1.19 bits per heavy atom. The molecular weight excluding hydrogens is 428 g/mol. The summed E-state index contributed by atoms with van der Waals surface area (Å²) < 4.78 is 10.6. The van der Waals surface area contributed by atoms with Crippen molar-refractivity contribution in [1.82, 2.24) is 0 Å². The number of amides is 2. The van der Waals surface area contributed by atoms with Gasteiger partial charge in [-0.2, -0.15) is 0 Å². The van der Waals surface area contributed by atoms with E-state index in [2.05, 4.69) is 5.32 Å². The minimum atomic E-state index is -0.590. The number of nitrogens with one attached hydrogen (secondary N) is 1. The summed E-state index contributed by atoms with van der Waals surface area (Å²) in [6, 6.07) is 11.0. The van der Waals surface area contributed by atoms with Gasteiger partial charge in [0.2, 0.25) is 0 Å². The van der Waals surface area contributed by atoms with Crippen molar-refractivity contribution in [2.45, 2.75) is 38.6 Å². The molecule has 5 rings (SSSR count). The standard InChI is InChI=1S/C24H22N2O5S/c1-14-12-15-6-2-3-8-17(15)26(14)20(27)13-31-24(29)21-16-7-4-10-19(16)32-23(21)25-22(28)18-9-5-11-30-18/h2-3,5-6,8-9,11,14H,4,7,10,12-13H2,1H3,(H,25,28). The molecule has 3 heterocycles. The zero-order valence-corrected chi connectivity index (χ0v) is 18.4. The number of nitrogens with zero attached hydrogens (tertiary/aromatic N) is 1. The molecule has 32 heavy (non-hydrogen) atoms. The Kier molecular flexibility index (Phi) is 5.30. The highest BCUT2D eigenvalue weighted by Gasteiger charge is 2.33. The Bertz CT molecular complexity index is 1200. The Hall–Kier alpha value is -3.39. The molecule has 1 unspecified atom stereocenters. The average molecular weight is 451 g/mol. The van der Waals surface area contributed by atoms with Crippen LogP contribution in [-0.4, -0.2) is 30.4 Å². The molecule has 1 atom stereocenters. The van der Waals surface area contributed by atoms with Crippen molar-refractivity contribution in [1.29, 1.82) is 0 Å². The second kappa shape index (κ2) is 8.27. The first-order valence-corrected chi connectivity index (χ1v) is 11.4. The molecule has 164 valence electrons. The number of carbonyl (C=O) groups is 3. The van der Waals surface area contributed by atoms with Crippen LogP contribution in [-0.2, 0) is 28.8 Å². The minimum absolute atomic E-state index is 0.00661. The normalized spacial score (nSPS) is 16.5. The van der Waals surface area contributed by atoms with Crippen LogP contribution in [0.15, 0.2) is 47.1 Å². The Balaban J connectivity index is 1.32. The van der Waals surface area contributed by atoms with E-state index in [1.807, 2.05) is 31.2 Å². The fourth-order valence-corrected chi connectivity index (χ4v) is 5.77. The molecule has 0 bridgehead atoms. The van der Waals surface area contributed by atoms with Gasteiger partial charge in [0.25, 0.3) is 11.8 Å². The van der Waals surface area contributed by atoms with Crippen molar-refractivity contribution in [2.75, 3.05) is 16.8 Å². The summed E-state index contributed by atoms with van der Waals surface area (Å²) in [5.41, 5.74) is 3.23. The van der Waals surface area contributed by atoms with Crippen molar-refractivity contribution in [2.24, 2.45) is 0 Å². The number of thiophene rings is 1. The number of ether oxygens (including phenoxy) is 1. The summed E-state index contributed by atoms with van der Waals surface area (Å²) in [4.78, 5) is 41.2. The Morgan fingerprint density at radius 2 is 2.03 bits per heavy atom. The van der Waals surface area contributed by atoms with Crippen LogP contribution >= 0.6 is 11.3 Å². The van der Waals surface area contributed by atoms with E-state index in [0.717, 1.165) is 47.4 Å². The zero-order chi connectivity index (χ0) is 22.2. The molecule has 1 aromatic carbocycles. The Morgan fingerprint density at radius 3 is 2.84 bits per heavy atom. The van der Waals surface area contributed by atoms with Gasteiger partial charge in [0, 0.05) is 16.6 Å². The number of para-hydroxylation sites is 1. The SMILES string of the molecule is CC1Cc2ccccc2N1C(=O)COC(=O)c1c(NC(=O)c2ccco2)sc2c1CCC2. The lowest BCUT2D eigenvalue weighted by Crippen LogP contribution is -2.38. The molecule has 0 spiro atoms. The molecule has 2 aromatic heterocycles. The lowest BCUT2D eigenvalue weighted by molar-refractivity contribution is -0.122. The number of aryl methyl sites for hydroxylation is 1. The highest BCUT2D eigenvalue weighted by molar-refractivity contribution is 7.17. The fourth-order valence-electron chi connectivity index (χ4n) is 4.50. The second-order valence-electron chi connectivity index (χ2n) is 8.01. The monoisotopic (exact) mass is 450 g/mol. The molecule has 2 aliphatic rings. The average Bonchev–Trinajstić information content (AvgIpc) is 3.54. The predicted molar refractivity (Wildman–Crippen MR) is 120 cm³/mol. The van der Waals surface area contributed by atoms with E-state index in [1.165, 1.54) is 17.6 Å². The third kappa shape index (κ3) is 3.60. The third-order valence-electron chi connectivity index (χ3n) is 5.90. The van der Waals surface area contributed by atoms with Crippen molar-refractivity contribution in [3.8, 4) is 0 Å². The second-order valence-corrected chi connectivity index (χ2v) is 9.12. The van der Waals surface area contributed by atoms with Gasteiger partial charge in [-0.25, -0.2) is 4.79 Å². The number of esters is 1. The smallest absolute Gasteiger partial charge is 0.341 e. The van der Waals surface area contributed by atoms with Crippen molar-refractivity contribution in [3.05, 3.63) is 70.0 Å². The molecule has 1 aliphatic carbocycles. The number of hydrogen-bond acceptors (Lipinski definition) is 6. The van der Waals surface area contributed by atoms with Crippen LogP contribution < -0.4 is 10.2 Å². The molecule has 0 radical (unpaired) electrons. The molecular formula is C24H22N2O5S. The van der Waals surface area contributed by atoms with Crippen LogP contribution in [0.5, 0.6) is 0 Å². The lowest BCUT2D eigenvalue weighted by Gasteiger charge is -2.22. The lowest BCUT2D eigenvalue weighted by atomic mass is 10.1. The zero-order valence-electron chi connectivity index (χ0n) is 17.6. The van der Waals surface area contributed by atoms with E-state index in [-0.39, 0.29) is 24.3 Å². The van der Waals surface area contributed by atoms with Crippen molar-refractivity contribution in [3.63, 3.8) is 0 Å². The summed E-state index contributed by atoms with van der Waals surface area (Å²) in [5.74, 6) is -1.12. The molecule has 7 nitrogen and oxygen atoms in total. The van der Waals surface area contributed by atoms with Gasteiger partial charge in [0.1, 0.15) is 5.00 Å². The number of furan rings is 1. The number of hydrogen-bond donors (Lipinski definition) is 1. The minimum Gasteiger partial charge on any atom is -0.459 e. The summed E-state index contributed by atoms with van der Waals surface area (Å²) in [6.07, 6.45) is 4.75. The van der Waals surface area contributed by atoms with Gasteiger partial charge in [-0.15, -0.1) is 11.3 Å². The molecule has 1 aliphatic heterocycles. The highest BCUT2D eigenvalue weighted by Crippen LogP contribution is 2.40. The topological polar surface area (TPSA) is 88.9 Å². The van der Waals surface area contributed by atoms with Crippen molar-refractivity contribution >= 4 is 39.8 Å². The van der Waals surface area contributed by atoms with Gasteiger partial charge in [-0.3, -0.25) is 9.59 Å². The molecule has 0 saturated heterocycles. The molecule has 3 aromatic rings. The van der Waals surface area contributed by atoms with Crippen LogP contribution in [0.3, 0.4) is 0 Å². The van der Waals surface area contributed by atoms with Gasteiger partial charge in [0.15, 0.2) is 12.4 Å². The van der Waals surface area contributed by atoms with Gasteiger partial charge in [-0.05, 0) is 61.9 Å². The van der Waals surface area contributed by atoms with E-state index < -0.39 is 11.9 Å². The molecule has 8 heteroatoms. The number of carbonyl (C=O) groups excluding carboxylic acids is 3. The van der Waals surface area contributed by atoms with Gasteiger partial charge in [-0.1, -0.05) is 18.2 Å². The first-order chi connectivity index (χ1) is 15.5. The fraction of sp³-hybridized carbons (Fsp3) is 0.292. The van der Waals surface area contributed by atoms with Crippen LogP contribution in [0.1, 0.15) is 50.3 Å². The van der Waals surface area contributed by atoms with Crippen molar-refractivity contribution < 1.29 is 23.5 Å². The number of benzene rings is 1. The number of fused-ring (bicyclic) bond motifs is 2. The Labute approximate surface area is 189 Å². The predicted octanol–water partition coefficient (Wildman–Crippen LogP) is 4.22. The van der Waals surface area contributed by atoms with Crippen LogP contribution in [0.25, 0.3) is 0 Å². The largest absolute Gasteiger partial charge is 0.459 e. The molecule has 0 fully saturated rings. The summed E-state index contributed by atoms with van der Waals surface area (Å²) in [5, 5.41) is 3.21. The number of anilines is 2. The van der Waals surface area contributed by atoms with Crippen LogP contribution in [0.4, 0.5) is 10.7 Å². The summed E-state index contributed by atoms with van der Waals surface area (Å²) in [7, 11) is 0. The third-order valence-corrected chi connectivity index (χ3v) is 7.11. The van der Waals surface area contributed by atoms with E-state index in [0.29, 0.717) is 10.6 Å². The first kappa shape index (κ1) is 20.5. The molecule has 0 saturated carbocycles. The van der Waals surface area contributed by atoms with Crippen LogP contribution in [0, 0.1) is 0 Å². The highest BCUT2D eigenvalue weighted by atomic mass is 32.1. The number of rotatable bonds is 5. The first-order valence-electron chi connectivity index (χ1n) is 10.6. The maximum absolute atomic E-state index is 13.0. The van der Waals surface area contributed by atoms with E-state index in [1.54, 1.807) is 17.0 Å². The molecule has 2 amide bonds. The molecule has 1 N–H and O–H groups in total.